The fraction of sp³-hybridized carbons (Fsp3) is 0.0714. The molecule has 0 aliphatic rings. The van der Waals surface area contributed by atoms with Crippen molar-refractivity contribution in [2.45, 2.75) is 4.90 Å². The van der Waals surface area contributed by atoms with E-state index in [1.54, 1.807) is 12.1 Å². The first-order valence-electron chi connectivity index (χ1n) is 5.99. The molecule has 0 saturated heterocycles. The fourth-order valence-corrected chi connectivity index (χ4v) is 2.65. The third kappa shape index (κ3) is 3.51. The standard InChI is InChI=1S/C14H14N2O4S/c1-20-12-5-7-13(8-6-12)21(18,19)16-14(17)10-3-2-4-11(15)9-10/h2-9H,15H2,1H3,(H,16,17). The van der Waals surface area contributed by atoms with Gasteiger partial charge in [-0.25, -0.2) is 13.1 Å². The monoisotopic (exact) mass is 306 g/mol. The van der Waals surface area contributed by atoms with Gasteiger partial charge in [-0.15, -0.1) is 0 Å². The smallest absolute Gasteiger partial charge is 0.265 e. The van der Waals surface area contributed by atoms with Crippen molar-refractivity contribution in [1.82, 2.24) is 4.72 Å². The van der Waals surface area contributed by atoms with Crippen molar-refractivity contribution >= 4 is 21.6 Å². The number of amides is 1. The van der Waals surface area contributed by atoms with Crippen LogP contribution in [0.1, 0.15) is 10.4 Å². The van der Waals surface area contributed by atoms with Gasteiger partial charge in [0.05, 0.1) is 12.0 Å². The summed E-state index contributed by atoms with van der Waals surface area (Å²) in [7, 11) is -2.46. The van der Waals surface area contributed by atoms with Gasteiger partial charge < -0.3 is 10.5 Å². The highest BCUT2D eigenvalue weighted by Gasteiger charge is 2.18. The van der Waals surface area contributed by atoms with E-state index in [0.29, 0.717) is 11.4 Å². The van der Waals surface area contributed by atoms with Gasteiger partial charge in [0.15, 0.2) is 0 Å². The number of sulfonamides is 1. The number of rotatable bonds is 4. The van der Waals surface area contributed by atoms with Gasteiger partial charge >= 0.3 is 0 Å². The Morgan fingerprint density at radius 2 is 1.81 bits per heavy atom. The van der Waals surface area contributed by atoms with E-state index >= 15 is 0 Å². The van der Waals surface area contributed by atoms with Crippen molar-refractivity contribution in [1.29, 1.82) is 0 Å². The Balaban J connectivity index is 2.22. The van der Waals surface area contributed by atoms with E-state index in [2.05, 4.69) is 0 Å². The predicted octanol–water partition coefficient (Wildman–Crippen LogP) is 1.40. The summed E-state index contributed by atoms with van der Waals surface area (Å²) >= 11 is 0. The second-order valence-corrected chi connectivity index (χ2v) is 5.92. The maximum atomic E-state index is 12.1. The Bertz CT molecular complexity index is 755. The third-order valence-electron chi connectivity index (χ3n) is 2.75. The number of hydrogen-bond donors (Lipinski definition) is 2. The molecule has 3 N–H and O–H groups in total. The number of methoxy groups -OCH3 is 1. The average molecular weight is 306 g/mol. The number of ether oxygens (including phenoxy) is 1. The fourth-order valence-electron chi connectivity index (χ4n) is 1.67. The lowest BCUT2D eigenvalue weighted by atomic mass is 10.2. The van der Waals surface area contributed by atoms with Crippen LogP contribution < -0.4 is 15.2 Å². The first kappa shape index (κ1) is 14.9. The molecule has 2 aromatic carbocycles. The lowest BCUT2D eigenvalue weighted by Crippen LogP contribution is -2.30. The number of carbonyl (C=O) groups is 1. The molecular weight excluding hydrogens is 292 g/mol. The first-order chi connectivity index (χ1) is 9.92. The molecule has 0 heterocycles. The van der Waals surface area contributed by atoms with E-state index in [9.17, 15) is 13.2 Å². The topological polar surface area (TPSA) is 98.5 Å². The van der Waals surface area contributed by atoms with Crippen LogP contribution in [0.25, 0.3) is 0 Å². The highest BCUT2D eigenvalue weighted by atomic mass is 32.2. The van der Waals surface area contributed by atoms with E-state index < -0.39 is 15.9 Å². The molecule has 0 aromatic heterocycles. The molecule has 0 saturated carbocycles. The van der Waals surface area contributed by atoms with Crippen molar-refractivity contribution in [2.24, 2.45) is 0 Å². The van der Waals surface area contributed by atoms with Gasteiger partial charge in [0.1, 0.15) is 5.75 Å². The van der Waals surface area contributed by atoms with Crippen LogP contribution in [0.3, 0.4) is 0 Å². The number of nitrogens with one attached hydrogen (secondary N) is 1. The van der Waals surface area contributed by atoms with Gasteiger partial charge in [-0.1, -0.05) is 6.07 Å². The largest absolute Gasteiger partial charge is 0.497 e. The number of hydrogen-bond acceptors (Lipinski definition) is 5. The quantitative estimate of drug-likeness (QED) is 0.832. The summed E-state index contributed by atoms with van der Waals surface area (Å²) in [6, 6.07) is 11.8. The SMILES string of the molecule is COc1ccc(S(=O)(=O)NC(=O)c2cccc(N)c2)cc1. The first-order valence-corrected chi connectivity index (χ1v) is 7.47. The highest BCUT2D eigenvalue weighted by molar-refractivity contribution is 7.90. The molecule has 0 aliphatic carbocycles. The van der Waals surface area contributed by atoms with E-state index in [4.69, 9.17) is 10.5 Å². The second-order valence-electron chi connectivity index (χ2n) is 4.24. The molecule has 110 valence electrons. The van der Waals surface area contributed by atoms with Crippen molar-refractivity contribution in [3.63, 3.8) is 0 Å². The van der Waals surface area contributed by atoms with Crippen LogP contribution in [0.2, 0.25) is 0 Å². The Hall–Kier alpha value is -2.54. The maximum Gasteiger partial charge on any atom is 0.265 e. The van der Waals surface area contributed by atoms with Crippen LogP contribution in [0.5, 0.6) is 5.75 Å². The molecule has 0 aliphatic heterocycles. The zero-order valence-corrected chi connectivity index (χ0v) is 12.1. The Morgan fingerprint density at radius 3 is 2.38 bits per heavy atom. The minimum absolute atomic E-state index is 0.0273. The van der Waals surface area contributed by atoms with E-state index in [-0.39, 0.29) is 10.5 Å². The lowest BCUT2D eigenvalue weighted by Gasteiger charge is -2.08. The van der Waals surface area contributed by atoms with Crippen molar-refractivity contribution in [2.75, 3.05) is 12.8 Å². The molecule has 6 nitrogen and oxygen atoms in total. The van der Waals surface area contributed by atoms with E-state index in [1.165, 1.54) is 43.5 Å². The molecule has 7 heteroatoms. The van der Waals surface area contributed by atoms with Gasteiger partial charge in [-0.05, 0) is 42.5 Å². The molecular formula is C14H14N2O4S. The molecule has 0 radical (unpaired) electrons. The second kappa shape index (κ2) is 5.84. The molecule has 2 aromatic rings. The Morgan fingerprint density at radius 1 is 1.14 bits per heavy atom. The molecule has 0 fully saturated rings. The zero-order chi connectivity index (χ0) is 15.5. The molecule has 1 amide bonds. The van der Waals surface area contributed by atoms with Crippen LogP contribution in [0.4, 0.5) is 5.69 Å². The number of carbonyl (C=O) groups excluding carboxylic acids is 1. The Labute approximate surface area is 122 Å². The van der Waals surface area contributed by atoms with Gasteiger partial charge in [-0.2, -0.15) is 0 Å². The van der Waals surface area contributed by atoms with Crippen molar-refractivity contribution < 1.29 is 17.9 Å². The molecule has 21 heavy (non-hydrogen) atoms. The van der Waals surface area contributed by atoms with E-state index in [0.717, 1.165) is 0 Å². The number of nitrogen functional groups attached to an aromatic ring is 1. The number of nitrogens with two attached hydrogens (primary N) is 1. The summed E-state index contributed by atoms with van der Waals surface area (Å²) in [6.07, 6.45) is 0. The molecule has 0 spiro atoms. The zero-order valence-electron chi connectivity index (χ0n) is 11.2. The van der Waals surface area contributed by atoms with Crippen LogP contribution in [-0.2, 0) is 10.0 Å². The van der Waals surface area contributed by atoms with Crippen molar-refractivity contribution in [3.8, 4) is 5.75 Å². The van der Waals surface area contributed by atoms with E-state index in [1.807, 2.05) is 4.72 Å². The minimum Gasteiger partial charge on any atom is -0.497 e. The van der Waals surface area contributed by atoms with Gasteiger partial charge in [0, 0.05) is 11.3 Å². The molecule has 2 rings (SSSR count). The number of anilines is 1. The summed E-state index contributed by atoms with van der Waals surface area (Å²) in [6.45, 7) is 0. The highest BCUT2D eigenvalue weighted by Crippen LogP contribution is 2.16. The van der Waals surface area contributed by atoms with Crippen LogP contribution in [-0.4, -0.2) is 21.4 Å². The summed E-state index contributed by atoms with van der Waals surface area (Å²) in [5, 5.41) is 0. The maximum absolute atomic E-state index is 12.1. The molecule has 0 unspecified atom stereocenters. The molecule has 0 atom stereocenters. The van der Waals surface area contributed by atoms with Gasteiger partial charge in [0.2, 0.25) is 0 Å². The predicted molar refractivity (Wildman–Crippen MR) is 78.5 cm³/mol. The lowest BCUT2D eigenvalue weighted by molar-refractivity contribution is 0.0981. The van der Waals surface area contributed by atoms with Crippen LogP contribution in [0, 0.1) is 0 Å². The summed E-state index contributed by atoms with van der Waals surface area (Å²) in [4.78, 5) is 11.9. The normalized spacial score (nSPS) is 10.9. The number of benzene rings is 2. The van der Waals surface area contributed by atoms with Crippen LogP contribution >= 0.6 is 0 Å². The summed E-state index contributed by atoms with van der Waals surface area (Å²) in [5.41, 5.74) is 6.11. The summed E-state index contributed by atoms with van der Waals surface area (Å²) in [5.74, 6) is -0.214. The minimum atomic E-state index is -3.94. The van der Waals surface area contributed by atoms with Crippen molar-refractivity contribution in [3.05, 3.63) is 54.1 Å². The van der Waals surface area contributed by atoms with Gasteiger partial charge in [0.25, 0.3) is 15.9 Å². The van der Waals surface area contributed by atoms with Crippen LogP contribution in [0.15, 0.2) is 53.4 Å². The average Bonchev–Trinajstić information content (AvgIpc) is 2.47. The third-order valence-corrected chi connectivity index (χ3v) is 4.09. The Kier molecular flexibility index (Phi) is 4.13. The summed E-state index contributed by atoms with van der Waals surface area (Å²) < 4.78 is 31.1. The van der Waals surface area contributed by atoms with Gasteiger partial charge in [-0.3, -0.25) is 4.79 Å². The molecule has 0 bridgehead atoms.